The fourth-order valence-electron chi connectivity index (χ4n) is 4.21. The van der Waals surface area contributed by atoms with Crippen LogP contribution in [0.1, 0.15) is 22.6 Å². The van der Waals surface area contributed by atoms with Gasteiger partial charge in [-0.1, -0.05) is 29.2 Å². The normalized spacial score (nSPS) is 21.8. The number of hydrogen-bond donors (Lipinski definition) is 0. The summed E-state index contributed by atoms with van der Waals surface area (Å²) in [6.07, 6.45) is 0. The van der Waals surface area contributed by atoms with E-state index in [1.807, 2.05) is 17.5 Å². The molecular weight excluding hydrogens is 487 g/mol. The van der Waals surface area contributed by atoms with Gasteiger partial charge in [0.15, 0.2) is 0 Å². The van der Waals surface area contributed by atoms with E-state index in [-0.39, 0.29) is 23.9 Å². The van der Waals surface area contributed by atoms with Crippen LogP contribution in [0.2, 0.25) is 0 Å². The zero-order valence-corrected chi connectivity index (χ0v) is 19.7. The number of anilines is 1. The number of fused-ring (bicyclic) bond motifs is 2. The smallest absolute Gasteiger partial charge is 0.326 e. The third-order valence-electron chi connectivity index (χ3n) is 5.58. The molecule has 3 aromatic rings. The van der Waals surface area contributed by atoms with Gasteiger partial charge in [0.1, 0.15) is 17.6 Å². The standard InChI is InChI=1S/C22H17FN2O5S3/c1-2-30-14(26)10-24-21-18(33-22(24)29)15(13-4-3-9-31-13)16-17(32-21)20(28)25(19(16)27)12-7-5-11(23)6-8-12/h3-9,15-17H,2,10H2,1H3/t15-,16-,17+/m0/s1. The first-order valence-electron chi connectivity index (χ1n) is 10.1. The summed E-state index contributed by atoms with van der Waals surface area (Å²) in [4.78, 5) is 54.2. The monoisotopic (exact) mass is 504 g/mol. The van der Waals surface area contributed by atoms with Gasteiger partial charge >= 0.3 is 10.8 Å². The molecule has 0 saturated carbocycles. The number of amides is 2. The molecule has 2 aliphatic heterocycles. The lowest BCUT2D eigenvalue weighted by Crippen LogP contribution is -2.32. The molecular formula is C22H17FN2O5S3. The van der Waals surface area contributed by atoms with Gasteiger partial charge in [-0.3, -0.25) is 23.7 Å². The van der Waals surface area contributed by atoms with Crippen LogP contribution in [0.15, 0.2) is 51.6 Å². The number of thioether (sulfide) groups is 1. The summed E-state index contributed by atoms with van der Waals surface area (Å²) >= 11 is 3.57. The van der Waals surface area contributed by atoms with Crippen molar-refractivity contribution in [2.75, 3.05) is 11.5 Å². The summed E-state index contributed by atoms with van der Waals surface area (Å²) in [7, 11) is 0. The number of esters is 1. The average Bonchev–Trinajstić information content (AvgIpc) is 3.48. The van der Waals surface area contributed by atoms with Gasteiger partial charge in [0.2, 0.25) is 11.8 Å². The number of aromatic nitrogens is 1. The first-order valence-corrected chi connectivity index (χ1v) is 12.7. The Bertz CT molecular complexity index is 1300. The summed E-state index contributed by atoms with van der Waals surface area (Å²) in [5.74, 6) is -3.02. The van der Waals surface area contributed by atoms with Crippen LogP contribution in [0.25, 0.3) is 0 Å². The quantitative estimate of drug-likeness (QED) is 0.391. The second kappa shape index (κ2) is 8.54. The van der Waals surface area contributed by atoms with Crippen LogP contribution in [0.5, 0.6) is 0 Å². The van der Waals surface area contributed by atoms with Crippen molar-refractivity contribution >= 4 is 57.9 Å². The predicted molar refractivity (Wildman–Crippen MR) is 123 cm³/mol. The van der Waals surface area contributed by atoms with Crippen LogP contribution in [-0.2, 0) is 25.7 Å². The molecule has 0 bridgehead atoms. The Kier molecular flexibility index (Phi) is 5.71. The Labute approximate surface area is 199 Å². The van der Waals surface area contributed by atoms with Crippen molar-refractivity contribution in [3.05, 3.63) is 67.0 Å². The van der Waals surface area contributed by atoms with Gasteiger partial charge < -0.3 is 4.74 Å². The molecule has 0 unspecified atom stereocenters. The zero-order valence-electron chi connectivity index (χ0n) is 17.2. The van der Waals surface area contributed by atoms with E-state index < -0.39 is 34.8 Å². The number of nitrogens with zero attached hydrogens (tertiary/aromatic N) is 2. The van der Waals surface area contributed by atoms with E-state index in [1.54, 1.807) is 6.92 Å². The van der Waals surface area contributed by atoms with Gasteiger partial charge in [0.25, 0.3) is 0 Å². The highest BCUT2D eigenvalue weighted by molar-refractivity contribution is 8.00. The molecule has 0 aliphatic carbocycles. The van der Waals surface area contributed by atoms with Crippen molar-refractivity contribution < 1.29 is 23.5 Å². The van der Waals surface area contributed by atoms with Gasteiger partial charge in [-0.2, -0.15) is 0 Å². The summed E-state index contributed by atoms with van der Waals surface area (Å²) in [5.41, 5.74) is 0.304. The number of benzene rings is 1. The Morgan fingerprint density at radius 3 is 2.55 bits per heavy atom. The van der Waals surface area contributed by atoms with Gasteiger partial charge in [-0.05, 0) is 42.6 Å². The number of halogens is 1. The minimum absolute atomic E-state index is 0.190. The summed E-state index contributed by atoms with van der Waals surface area (Å²) in [5, 5.41) is 1.62. The molecule has 11 heteroatoms. The Balaban J connectivity index is 1.61. The maximum absolute atomic E-state index is 13.6. The number of carbonyl (C=O) groups excluding carboxylic acids is 3. The molecule has 4 heterocycles. The average molecular weight is 505 g/mol. The molecule has 2 aromatic heterocycles. The molecule has 170 valence electrons. The Morgan fingerprint density at radius 1 is 1.12 bits per heavy atom. The second-order valence-electron chi connectivity index (χ2n) is 7.47. The lowest BCUT2D eigenvalue weighted by atomic mass is 9.87. The van der Waals surface area contributed by atoms with Crippen molar-refractivity contribution in [2.24, 2.45) is 5.92 Å². The molecule has 1 aromatic carbocycles. The third-order valence-corrected chi connectivity index (χ3v) is 9.14. The van der Waals surface area contributed by atoms with Crippen molar-refractivity contribution in [1.82, 2.24) is 4.57 Å². The van der Waals surface area contributed by atoms with Crippen molar-refractivity contribution in [3.8, 4) is 0 Å². The molecule has 0 radical (unpaired) electrons. The second-order valence-corrected chi connectivity index (χ2v) is 10.6. The molecule has 2 aliphatic rings. The van der Waals surface area contributed by atoms with Crippen LogP contribution in [0.3, 0.4) is 0 Å². The number of carbonyl (C=O) groups is 3. The fraction of sp³-hybridized carbons (Fsp3) is 0.273. The topological polar surface area (TPSA) is 85.7 Å². The number of thiophene rings is 1. The molecule has 5 rings (SSSR count). The van der Waals surface area contributed by atoms with E-state index in [9.17, 15) is 23.6 Å². The van der Waals surface area contributed by atoms with E-state index in [2.05, 4.69) is 0 Å². The van der Waals surface area contributed by atoms with E-state index >= 15 is 0 Å². The van der Waals surface area contributed by atoms with Crippen LogP contribution in [0, 0.1) is 11.7 Å². The summed E-state index contributed by atoms with van der Waals surface area (Å²) in [6, 6.07) is 8.95. The largest absolute Gasteiger partial charge is 0.465 e. The van der Waals surface area contributed by atoms with Gasteiger partial charge in [0.05, 0.1) is 23.2 Å². The molecule has 3 atom stereocenters. The minimum Gasteiger partial charge on any atom is -0.465 e. The van der Waals surface area contributed by atoms with E-state index in [0.717, 1.165) is 32.9 Å². The number of imide groups is 1. The van der Waals surface area contributed by atoms with Crippen LogP contribution >= 0.6 is 34.4 Å². The van der Waals surface area contributed by atoms with Gasteiger partial charge in [-0.25, -0.2) is 9.29 Å². The molecule has 1 fully saturated rings. The van der Waals surface area contributed by atoms with E-state index in [1.165, 1.54) is 40.2 Å². The number of thiazole rings is 1. The molecule has 33 heavy (non-hydrogen) atoms. The summed E-state index contributed by atoms with van der Waals surface area (Å²) < 4.78 is 19.8. The predicted octanol–water partition coefficient (Wildman–Crippen LogP) is 3.47. The molecule has 2 amide bonds. The minimum atomic E-state index is -0.774. The maximum Gasteiger partial charge on any atom is 0.326 e. The van der Waals surface area contributed by atoms with E-state index in [0.29, 0.717) is 15.6 Å². The van der Waals surface area contributed by atoms with Gasteiger partial charge in [-0.15, -0.1) is 11.3 Å². The van der Waals surface area contributed by atoms with Crippen LogP contribution in [0.4, 0.5) is 10.1 Å². The van der Waals surface area contributed by atoms with Crippen LogP contribution in [-0.4, -0.2) is 34.2 Å². The number of rotatable bonds is 5. The first-order chi connectivity index (χ1) is 15.9. The SMILES string of the molecule is CCOC(=O)Cn1c2c(sc1=O)[C@@H](c1cccs1)[C@@H]1C(=O)N(c3ccc(F)cc3)C(=O)[C@@H]1S2. The van der Waals surface area contributed by atoms with Crippen LogP contribution < -0.4 is 9.77 Å². The highest BCUT2D eigenvalue weighted by atomic mass is 32.2. The molecule has 0 spiro atoms. The molecule has 7 nitrogen and oxygen atoms in total. The molecule has 1 saturated heterocycles. The molecule has 0 N–H and O–H groups in total. The highest BCUT2D eigenvalue weighted by Gasteiger charge is 2.57. The van der Waals surface area contributed by atoms with Crippen molar-refractivity contribution in [3.63, 3.8) is 0 Å². The van der Waals surface area contributed by atoms with Crippen molar-refractivity contribution in [2.45, 2.75) is 29.7 Å². The first kappa shape index (κ1) is 22.1. The lowest BCUT2D eigenvalue weighted by molar-refractivity contribution is -0.144. The van der Waals surface area contributed by atoms with Gasteiger partial charge in [0, 0.05) is 15.7 Å². The van der Waals surface area contributed by atoms with Crippen molar-refractivity contribution in [1.29, 1.82) is 0 Å². The van der Waals surface area contributed by atoms with E-state index in [4.69, 9.17) is 4.74 Å². The maximum atomic E-state index is 13.6. The zero-order chi connectivity index (χ0) is 23.3. The fourth-order valence-corrected chi connectivity index (χ4v) is 7.93. The Hall–Kier alpha value is -2.76. The highest BCUT2D eigenvalue weighted by Crippen LogP contribution is 2.54. The lowest BCUT2D eigenvalue weighted by Gasteiger charge is -2.29. The third kappa shape index (κ3) is 3.64. The summed E-state index contributed by atoms with van der Waals surface area (Å²) in [6.45, 7) is 1.61. The number of hydrogen-bond acceptors (Lipinski definition) is 8. The Morgan fingerprint density at radius 2 is 1.88 bits per heavy atom. The number of ether oxygens (including phenoxy) is 1.